The number of alkyl halides is 3. The van der Waals surface area contributed by atoms with Gasteiger partial charge in [-0.3, -0.25) is 4.79 Å². The highest BCUT2D eigenvalue weighted by Gasteiger charge is 2.44. The summed E-state index contributed by atoms with van der Waals surface area (Å²) < 4.78 is 40.5. The Kier molecular flexibility index (Phi) is 6.75. The molecule has 0 N–H and O–H groups in total. The zero-order valence-electron chi connectivity index (χ0n) is 18.3. The summed E-state index contributed by atoms with van der Waals surface area (Å²) in [6, 6.07) is 18.4. The second-order valence-electron chi connectivity index (χ2n) is 8.13. The summed E-state index contributed by atoms with van der Waals surface area (Å²) in [5.74, 6) is 0. The van der Waals surface area contributed by atoms with Gasteiger partial charge in [0.1, 0.15) is 0 Å². The predicted molar refractivity (Wildman–Crippen MR) is 132 cm³/mol. The van der Waals surface area contributed by atoms with Gasteiger partial charge in [0.2, 0.25) is 6.41 Å². The van der Waals surface area contributed by atoms with Gasteiger partial charge in [-0.1, -0.05) is 63.9 Å². The van der Waals surface area contributed by atoms with Crippen LogP contribution in [0.15, 0.2) is 82.4 Å². The highest BCUT2D eigenvalue weighted by atomic mass is 79.9. The molecular weight excluding hydrogens is 547 g/mol. The van der Waals surface area contributed by atoms with Gasteiger partial charge >= 0.3 is 12.2 Å². The normalized spacial score (nSPS) is 17.8. The van der Waals surface area contributed by atoms with E-state index in [1.807, 2.05) is 37.3 Å². The SMILES string of the molecule is CC1(c2ccccc2)CN(C(=O)N(C=O)c2ccc(Br)cc2)N=C1c1ccc(C(F)(F)F)c(Cl)c1. The van der Waals surface area contributed by atoms with Crippen molar-refractivity contribution in [2.45, 2.75) is 18.5 Å². The molecule has 0 fully saturated rings. The zero-order chi connectivity index (χ0) is 25.4. The maximum absolute atomic E-state index is 13.3. The molecule has 3 amide bonds. The minimum Gasteiger partial charge on any atom is -0.278 e. The summed E-state index contributed by atoms with van der Waals surface area (Å²) in [4.78, 5) is 26.1. The first kappa shape index (κ1) is 24.9. The predicted octanol–water partition coefficient (Wildman–Crippen LogP) is 6.88. The number of rotatable bonds is 4. The molecule has 4 rings (SSSR count). The van der Waals surface area contributed by atoms with Crippen molar-refractivity contribution in [1.82, 2.24) is 5.01 Å². The molecule has 5 nitrogen and oxygen atoms in total. The lowest BCUT2D eigenvalue weighted by Crippen LogP contribution is -2.43. The van der Waals surface area contributed by atoms with Crippen LogP contribution < -0.4 is 4.90 Å². The number of carbonyl (C=O) groups is 2. The Balaban J connectivity index is 1.78. The van der Waals surface area contributed by atoms with Crippen molar-refractivity contribution in [1.29, 1.82) is 0 Å². The smallest absolute Gasteiger partial charge is 0.278 e. The molecule has 1 aliphatic rings. The number of halogens is 5. The van der Waals surface area contributed by atoms with Crippen LogP contribution in [0.3, 0.4) is 0 Å². The number of urea groups is 1. The summed E-state index contributed by atoms with van der Waals surface area (Å²) in [6.45, 7) is 1.90. The molecule has 35 heavy (non-hydrogen) atoms. The highest BCUT2D eigenvalue weighted by Crippen LogP contribution is 2.39. The monoisotopic (exact) mass is 563 g/mol. The molecule has 1 aliphatic heterocycles. The molecule has 180 valence electrons. The van der Waals surface area contributed by atoms with Crippen molar-refractivity contribution >= 4 is 51.4 Å². The molecule has 0 aromatic heterocycles. The minimum atomic E-state index is -4.60. The number of benzene rings is 3. The standard InChI is InChI=1S/C25H18BrClF3N3O2/c1-24(17-5-3-2-4-6-17)14-33(23(35)32(15-34)19-10-8-18(26)9-11-19)31-22(24)16-7-12-20(21(27)13-16)25(28,29)30/h2-13,15H,14H2,1H3. The van der Waals surface area contributed by atoms with Gasteiger partial charge in [-0.15, -0.1) is 0 Å². The third kappa shape index (κ3) is 4.83. The van der Waals surface area contributed by atoms with E-state index in [0.717, 1.165) is 26.0 Å². The topological polar surface area (TPSA) is 53.0 Å². The number of imide groups is 1. The number of hydrazone groups is 1. The third-order valence-corrected chi connectivity index (χ3v) is 6.65. The fraction of sp³-hybridized carbons (Fsp3) is 0.160. The van der Waals surface area contributed by atoms with Gasteiger partial charge in [0, 0.05) is 10.0 Å². The number of hydrogen-bond donors (Lipinski definition) is 0. The van der Waals surface area contributed by atoms with E-state index < -0.39 is 28.2 Å². The van der Waals surface area contributed by atoms with Crippen LogP contribution in [-0.2, 0) is 16.4 Å². The van der Waals surface area contributed by atoms with Crippen LogP contribution in [0, 0.1) is 0 Å². The van der Waals surface area contributed by atoms with E-state index in [9.17, 15) is 22.8 Å². The van der Waals surface area contributed by atoms with Crippen molar-refractivity contribution in [2.75, 3.05) is 11.4 Å². The largest absolute Gasteiger partial charge is 0.417 e. The molecule has 0 bridgehead atoms. The number of anilines is 1. The van der Waals surface area contributed by atoms with Gasteiger partial charge in [0.25, 0.3) is 0 Å². The van der Waals surface area contributed by atoms with Crippen molar-refractivity contribution in [2.24, 2.45) is 5.10 Å². The second kappa shape index (κ2) is 9.47. The van der Waals surface area contributed by atoms with Gasteiger partial charge in [-0.25, -0.2) is 14.7 Å². The molecule has 3 aromatic rings. The Morgan fingerprint density at radius 1 is 1.11 bits per heavy atom. The quantitative estimate of drug-likeness (QED) is 0.324. The van der Waals surface area contributed by atoms with E-state index in [-0.39, 0.29) is 6.54 Å². The fourth-order valence-electron chi connectivity index (χ4n) is 4.00. The van der Waals surface area contributed by atoms with E-state index in [4.69, 9.17) is 11.6 Å². The molecule has 1 atom stereocenters. The first-order valence-electron chi connectivity index (χ1n) is 10.4. The van der Waals surface area contributed by atoms with Gasteiger partial charge in [0.15, 0.2) is 0 Å². The van der Waals surface area contributed by atoms with Gasteiger partial charge in [-0.05, 0) is 48.9 Å². The maximum Gasteiger partial charge on any atom is 0.417 e. The van der Waals surface area contributed by atoms with Crippen molar-refractivity contribution in [3.05, 3.63) is 99.0 Å². The average Bonchev–Trinajstić information content (AvgIpc) is 3.19. The van der Waals surface area contributed by atoms with Crippen molar-refractivity contribution in [3.63, 3.8) is 0 Å². The van der Waals surface area contributed by atoms with Gasteiger partial charge < -0.3 is 0 Å². The molecule has 1 heterocycles. The lowest BCUT2D eigenvalue weighted by atomic mass is 9.76. The molecule has 0 aliphatic carbocycles. The minimum absolute atomic E-state index is 0.0602. The van der Waals surface area contributed by atoms with E-state index in [2.05, 4.69) is 21.0 Å². The Bertz CT molecular complexity index is 1300. The van der Waals surface area contributed by atoms with Crippen LogP contribution in [0.1, 0.15) is 23.6 Å². The van der Waals surface area contributed by atoms with Crippen LogP contribution in [0.5, 0.6) is 0 Å². The van der Waals surface area contributed by atoms with Crippen molar-refractivity contribution in [3.8, 4) is 0 Å². The molecule has 0 radical (unpaired) electrons. The Morgan fingerprint density at radius 3 is 2.34 bits per heavy atom. The number of carbonyl (C=O) groups excluding carboxylic acids is 2. The summed E-state index contributed by atoms with van der Waals surface area (Å²) >= 11 is 9.29. The fourth-order valence-corrected chi connectivity index (χ4v) is 4.55. The molecule has 3 aromatic carbocycles. The molecule has 10 heteroatoms. The van der Waals surface area contributed by atoms with Crippen LogP contribution in [-0.4, -0.2) is 29.7 Å². The number of hydrogen-bond acceptors (Lipinski definition) is 3. The van der Waals surface area contributed by atoms with Gasteiger partial charge in [-0.2, -0.15) is 18.3 Å². The first-order chi connectivity index (χ1) is 16.5. The van der Waals surface area contributed by atoms with Crippen LogP contribution in [0.4, 0.5) is 23.7 Å². The number of nitrogens with zero attached hydrogens (tertiary/aromatic N) is 3. The number of amides is 3. The Morgan fingerprint density at radius 2 is 1.77 bits per heavy atom. The average molecular weight is 565 g/mol. The maximum atomic E-state index is 13.3. The summed E-state index contributed by atoms with van der Waals surface area (Å²) in [7, 11) is 0. The van der Waals surface area contributed by atoms with E-state index >= 15 is 0 Å². The highest BCUT2D eigenvalue weighted by molar-refractivity contribution is 9.10. The molecule has 1 unspecified atom stereocenters. The summed E-state index contributed by atoms with van der Waals surface area (Å²) in [5, 5.41) is 5.16. The molecular formula is C25H18BrClF3N3O2. The molecule has 0 spiro atoms. The first-order valence-corrected chi connectivity index (χ1v) is 11.5. The van der Waals surface area contributed by atoms with E-state index in [1.54, 1.807) is 24.3 Å². The second-order valence-corrected chi connectivity index (χ2v) is 9.45. The summed E-state index contributed by atoms with van der Waals surface area (Å²) in [6.07, 6.45) is -4.21. The molecule has 0 saturated heterocycles. The Hall–Kier alpha value is -3.17. The molecule has 0 saturated carbocycles. The van der Waals surface area contributed by atoms with Crippen molar-refractivity contribution < 1.29 is 22.8 Å². The third-order valence-electron chi connectivity index (χ3n) is 5.81. The Labute approximate surface area is 212 Å². The van der Waals surface area contributed by atoms with Crippen LogP contribution in [0.2, 0.25) is 5.02 Å². The lowest BCUT2D eigenvalue weighted by Gasteiger charge is -2.28. The lowest BCUT2D eigenvalue weighted by molar-refractivity contribution is -0.137. The van der Waals surface area contributed by atoms with Crippen LogP contribution >= 0.6 is 27.5 Å². The van der Waals surface area contributed by atoms with E-state index in [0.29, 0.717) is 23.4 Å². The van der Waals surface area contributed by atoms with E-state index in [1.165, 1.54) is 12.1 Å². The zero-order valence-corrected chi connectivity index (χ0v) is 20.6. The van der Waals surface area contributed by atoms with Crippen LogP contribution in [0.25, 0.3) is 0 Å². The summed E-state index contributed by atoms with van der Waals surface area (Å²) in [5.41, 5.74) is -0.00503. The van der Waals surface area contributed by atoms with Gasteiger partial charge in [0.05, 0.1) is 33.9 Å².